The molecule has 0 saturated heterocycles. The van der Waals surface area contributed by atoms with Crippen molar-refractivity contribution < 1.29 is 9.47 Å². The van der Waals surface area contributed by atoms with Gasteiger partial charge in [0.25, 0.3) is 0 Å². The maximum Gasteiger partial charge on any atom is 0.0703 e. The van der Waals surface area contributed by atoms with Crippen molar-refractivity contribution in [3.8, 4) is 0 Å². The fourth-order valence-corrected chi connectivity index (χ4v) is 2.41. The molecule has 0 radical (unpaired) electrons. The van der Waals surface area contributed by atoms with E-state index in [9.17, 15) is 0 Å². The standard InChI is InChI=1S/C16H27NO2/c1-11(2)19-7-6-18-10-15(17)16-13(4)8-12(3)9-14(16)5/h8-9,11,15H,6-7,10,17H2,1-5H3. The third kappa shape index (κ3) is 5.31. The van der Waals surface area contributed by atoms with Crippen LogP contribution in [0.1, 0.15) is 42.1 Å². The highest BCUT2D eigenvalue weighted by Crippen LogP contribution is 2.22. The maximum absolute atomic E-state index is 6.22. The first-order valence-corrected chi connectivity index (χ1v) is 6.94. The average molecular weight is 265 g/mol. The highest BCUT2D eigenvalue weighted by Gasteiger charge is 2.12. The Kier molecular flexibility index (Phi) is 6.49. The van der Waals surface area contributed by atoms with Crippen molar-refractivity contribution >= 4 is 0 Å². The van der Waals surface area contributed by atoms with E-state index in [1.165, 1.54) is 22.3 Å². The summed E-state index contributed by atoms with van der Waals surface area (Å²) in [7, 11) is 0. The Balaban J connectivity index is 2.48. The molecule has 3 nitrogen and oxygen atoms in total. The SMILES string of the molecule is Cc1cc(C)c(C(N)COCCOC(C)C)c(C)c1. The predicted molar refractivity (Wildman–Crippen MR) is 79.5 cm³/mol. The van der Waals surface area contributed by atoms with Gasteiger partial charge < -0.3 is 15.2 Å². The third-order valence-corrected chi connectivity index (χ3v) is 3.09. The van der Waals surface area contributed by atoms with Crippen LogP contribution in [-0.4, -0.2) is 25.9 Å². The van der Waals surface area contributed by atoms with Gasteiger partial charge in [-0.2, -0.15) is 0 Å². The number of rotatable bonds is 7. The second-order valence-electron chi connectivity index (χ2n) is 5.41. The van der Waals surface area contributed by atoms with E-state index in [0.717, 1.165) is 0 Å². The molecule has 0 amide bonds. The third-order valence-electron chi connectivity index (χ3n) is 3.09. The molecule has 1 rings (SSSR count). The molecule has 1 aromatic rings. The molecule has 0 aliphatic carbocycles. The summed E-state index contributed by atoms with van der Waals surface area (Å²) >= 11 is 0. The summed E-state index contributed by atoms with van der Waals surface area (Å²) in [6.45, 7) is 12.1. The topological polar surface area (TPSA) is 44.5 Å². The molecule has 1 atom stereocenters. The van der Waals surface area contributed by atoms with Crippen LogP contribution in [0.5, 0.6) is 0 Å². The molecule has 2 N–H and O–H groups in total. The summed E-state index contributed by atoms with van der Waals surface area (Å²) < 4.78 is 11.0. The summed E-state index contributed by atoms with van der Waals surface area (Å²) in [6, 6.07) is 4.27. The van der Waals surface area contributed by atoms with Gasteiger partial charge in [0.1, 0.15) is 0 Å². The van der Waals surface area contributed by atoms with E-state index >= 15 is 0 Å². The molecule has 3 heteroatoms. The van der Waals surface area contributed by atoms with Gasteiger partial charge in [-0.05, 0) is 51.3 Å². The zero-order chi connectivity index (χ0) is 14.4. The van der Waals surface area contributed by atoms with Gasteiger partial charge in [0.05, 0.1) is 32.0 Å². The molecule has 108 valence electrons. The van der Waals surface area contributed by atoms with E-state index in [1.54, 1.807) is 0 Å². The number of nitrogens with two attached hydrogens (primary N) is 1. The van der Waals surface area contributed by atoms with Crippen LogP contribution in [-0.2, 0) is 9.47 Å². The van der Waals surface area contributed by atoms with Gasteiger partial charge in [-0.1, -0.05) is 17.7 Å². The summed E-state index contributed by atoms with van der Waals surface area (Å²) in [4.78, 5) is 0. The fourth-order valence-electron chi connectivity index (χ4n) is 2.41. The quantitative estimate of drug-likeness (QED) is 0.771. The highest BCUT2D eigenvalue weighted by atomic mass is 16.5. The Labute approximate surface area is 117 Å². The summed E-state index contributed by atoms with van der Waals surface area (Å²) in [5.74, 6) is 0. The predicted octanol–water partition coefficient (Wildman–Crippen LogP) is 3.05. The van der Waals surface area contributed by atoms with Crippen LogP contribution in [0.3, 0.4) is 0 Å². The van der Waals surface area contributed by atoms with E-state index in [-0.39, 0.29) is 12.1 Å². The summed E-state index contributed by atoms with van der Waals surface area (Å²) in [6.07, 6.45) is 0.249. The zero-order valence-corrected chi connectivity index (χ0v) is 12.8. The van der Waals surface area contributed by atoms with Crippen LogP contribution in [0.15, 0.2) is 12.1 Å². The van der Waals surface area contributed by atoms with Crippen molar-refractivity contribution in [3.05, 3.63) is 34.4 Å². The first kappa shape index (κ1) is 16.2. The lowest BCUT2D eigenvalue weighted by Gasteiger charge is -2.18. The van der Waals surface area contributed by atoms with Crippen LogP contribution in [0.25, 0.3) is 0 Å². The van der Waals surface area contributed by atoms with Gasteiger partial charge in [0, 0.05) is 0 Å². The molecule has 0 aliphatic heterocycles. The van der Waals surface area contributed by atoms with Crippen LogP contribution >= 0.6 is 0 Å². The van der Waals surface area contributed by atoms with Gasteiger partial charge in [-0.15, -0.1) is 0 Å². The minimum Gasteiger partial charge on any atom is -0.377 e. The average Bonchev–Trinajstić information content (AvgIpc) is 2.26. The molecule has 0 fully saturated rings. The van der Waals surface area contributed by atoms with Crippen LogP contribution < -0.4 is 5.73 Å². The molecule has 0 aromatic heterocycles. The van der Waals surface area contributed by atoms with Crippen molar-refractivity contribution in [1.82, 2.24) is 0 Å². The largest absolute Gasteiger partial charge is 0.377 e. The Hall–Kier alpha value is -0.900. The van der Waals surface area contributed by atoms with E-state index < -0.39 is 0 Å². The Morgan fingerprint density at radius 1 is 1.05 bits per heavy atom. The molecule has 1 aromatic carbocycles. The highest BCUT2D eigenvalue weighted by molar-refractivity contribution is 5.39. The molecule has 0 bridgehead atoms. The lowest BCUT2D eigenvalue weighted by atomic mass is 9.95. The molecule has 1 unspecified atom stereocenters. The van der Waals surface area contributed by atoms with Gasteiger partial charge in [0.15, 0.2) is 0 Å². The summed E-state index contributed by atoms with van der Waals surface area (Å²) in [5.41, 5.74) is 11.2. The number of aryl methyl sites for hydroxylation is 3. The van der Waals surface area contributed by atoms with E-state index in [0.29, 0.717) is 19.8 Å². The smallest absolute Gasteiger partial charge is 0.0703 e. The normalized spacial score (nSPS) is 13.0. The lowest BCUT2D eigenvalue weighted by Crippen LogP contribution is -2.21. The number of ether oxygens (including phenoxy) is 2. The molecule has 0 spiro atoms. The first-order valence-electron chi connectivity index (χ1n) is 6.94. The monoisotopic (exact) mass is 265 g/mol. The maximum atomic E-state index is 6.22. The minimum atomic E-state index is -0.0698. The van der Waals surface area contributed by atoms with Crippen molar-refractivity contribution in [2.75, 3.05) is 19.8 Å². The van der Waals surface area contributed by atoms with Gasteiger partial charge in [-0.3, -0.25) is 0 Å². The number of benzene rings is 1. The molecule has 0 aliphatic rings. The number of hydrogen-bond acceptors (Lipinski definition) is 3. The first-order chi connectivity index (χ1) is 8.91. The van der Waals surface area contributed by atoms with E-state index in [1.807, 2.05) is 13.8 Å². The van der Waals surface area contributed by atoms with Gasteiger partial charge in [-0.25, -0.2) is 0 Å². The van der Waals surface area contributed by atoms with Crippen molar-refractivity contribution in [2.24, 2.45) is 5.73 Å². The Bertz CT molecular complexity index is 379. The van der Waals surface area contributed by atoms with Crippen molar-refractivity contribution in [2.45, 2.75) is 46.8 Å². The molecule has 19 heavy (non-hydrogen) atoms. The zero-order valence-electron chi connectivity index (χ0n) is 12.8. The fraction of sp³-hybridized carbons (Fsp3) is 0.625. The van der Waals surface area contributed by atoms with Crippen molar-refractivity contribution in [1.29, 1.82) is 0 Å². The molecule has 0 saturated carbocycles. The van der Waals surface area contributed by atoms with Crippen LogP contribution in [0, 0.1) is 20.8 Å². The lowest BCUT2D eigenvalue weighted by molar-refractivity contribution is 0.0160. The second-order valence-corrected chi connectivity index (χ2v) is 5.41. The van der Waals surface area contributed by atoms with Gasteiger partial charge in [0.2, 0.25) is 0 Å². The van der Waals surface area contributed by atoms with E-state index in [2.05, 4.69) is 32.9 Å². The second kappa shape index (κ2) is 7.63. The van der Waals surface area contributed by atoms with Crippen LogP contribution in [0.2, 0.25) is 0 Å². The minimum absolute atomic E-state index is 0.0698. The Morgan fingerprint density at radius 3 is 2.16 bits per heavy atom. The molecule has 0 heterocycles. The van der Waals surface area contributed by atoms with Crippen molar-refractivity contribution in [3.63, 3.8) is 0 Å². The number of hydrogen-bond donors (Lipinski definition) is 1. The van der Waals surface area contributed by atoms with E-state index in [4.69, 9.17) is 15.2 Å². The molecular weight excluding hydrogens is 238 g/mol. The van der Waals surface area contributed by atoms with Gasteiger partial charge >= 0.3 is 0 Å². The Morgan fingerprint density at radius 2 is 1.63 bits per heavy atom. The van der Waals surface area contributed by atoms with Crippen LogP contribution in [0.4, 0.5) is 0 Å². The molecular formula is C16H27NO2. The summed E-state index contributed by atoms with van der Waals surface area (Å²) in [5, 5.41) is 0.